The number of carbonyl (C=O) groups is 1. The average molecular weight is 363 g/mol. The monoisotopic (exact) mass is 362 g/mol. The predicted molar refractivity (Wildman–Crippen MR) is 105 cm³/mol. The lowest BCUT2D eigenvalue weighted by Gasteiger charge is -2.32. The summed E-state index contributed by atoms with van der Waals surface area (Å²) < 4.78 is 5.43. The molecule has 136 valence electrons. The average Bonchev–Trinajstić information content (AvgIpc) is 2.65. The first-order valence-electron chi connectivity index (χ1n) is 8.80. The van der Waals surface area contributed by atoms with Crippen LogP contribution in [0.25, 0.3) is 10.8 Å². The lowest BCUT2D eigenvalue weighted by molar-refractivity contribution is 0.0692. The Hall–Kier alpha value is -1.78. The van der Waals surface area contributed by atoms with Crippen molar-refractivity contribution in [1.82, 2.24) is 10.2 Å². The molecule has 1 fully saturated rings. The Bertz CT molecular complexity index is 712. The normalized spacial score (nSPS) is 15.0. The highest BCUT2D eigenvalue weighted by Gasteiger charge is 2.24. The van der Waals surface area contributed by atoms with Gasteiger partial charge in [0.2, 0.25) is 0 Å². The molecule has 2 aromatic carbocycles. The minimum Gasteiger partial charge on any atom is -0.496 e. The van der Waals surface area contributed by atoms with Gasteiger partial charge in [-0.05, 0) is 49.4 Å². The third kappa shape index (κ3) is 4.25. The molecule has 0 unspecified atom stereocenters. The minimum atomic E-state index is 0. The summed E-state index contributed by atoms with van der Waals surface area (Å²) in [5.41, 5.74) is 0.775. The lowest BCUT2D eigenvalue weighted by atomic mass is 9.95. The molecule has 0 aromatic heterocycles. The van der Waals surface area contributed by atoms with Gasteiger partial charge in [-0.2, -0.15) is 0 Å². The van der Waals surface area contributed by atoms with Gasteiger partial charge >= 0.3 is 0 Å². The molecule has 3 rings (SSSR count). The summed E-state index contributed by atoms with van der Waals surface area (Å²) in [4.78, 5) is 15.0. The number of rotatable bonds is 5. The van der Waals surface area contributed by atoms with E-state index in [1.54, 1.807) is 7.11 Å². The lowest BCUT2D eigenvalue weighted by Crippen LogP contribution is -2.40. The first kappa shape index (κ1) is 19.5. The first-order chi connectivity index (χ1) is 11.7. The van der Waals surface area contributed by atoms with E-state index in [1.165, 1.54) is 0 Å². The zero-order chi connectivity index (χ0) is 16.9. The van der Waals surface area contributed by atoms with Crippen LogP contribution < -0.4 is 10.1 Å². The number of amides is 1. The maximum absolute atomic E-state index is 13.0. The first-order valence-corrected chi connectivity index (χ1v) is 8.80. The molecule has 0 bridgehead atoms. The van der Waals surface area contributed by atoms with Crippen molar-refractivity contribution in [2.75, 3.05) is 33.3 Å². The second-order valence-electron chi connectivity index (χ2n) is 6.40. The number of ether oxygens (including phenoxy) is 1. The molecule has 0 radical (unpaired) electrons. The molecule has 4 nitrogen and oxygen atoms in total. The SMILES string of the molecule is CCNCC1CCN(C(=O)c2ccc(OC)c3ccccc23)CC1.Cl. The number of fused-ring (bicyclic) bond motifs is 1. The number of methoxy groups -OCH3 is 1. The van der Waals surface area contributed by atoms with E-state index in [2.05, 4.69) is 12.2 Å². The molecule has 0 aliphatic carbocycles. The van der Waals surface area contributed by atoms with E-state index in [0.717, 1.165) is 61.1 Å². The molecule has 1 N–H and O–H groups in total. The van der Waals surface area contributed by atoms with Gasteiger partial charge in [0.25, 0.3) is 5.91 Å². The number of benzene rings is 2. The van der Waals surface area contributed by atoms with Crippen LogP contribution in [0.2, 0.25) is 0 Å². The number of nitrogens with zero attached hydrogens (tertiary/aromatic N) is 1. The summed E-state index contributed by atoms with van der Waals surface area (Å²) in [6.07, 6.45) is 2.15. The van der Waals surface area contributed by atoms with Crippen LogP contribution >= 0.6 is 12.4 Å². The summed E-state index contributed by atoms with van der Waals surface area (Å²) in [6.45, 7) is 5.89. The predicted octanol–water partition coefficient (Wildman–Crippen LogP) is 3.73. The van der Waals surface area contributed by atoms with E-state index < -0.39 is 0 Å². The summed E-state index contributed by atoms with van der Waals surface area (Å²) in [5.74, 6) is 1.63. The smallest absolute Gasteiger partial charge is 0.254 e. The number of likely N-dealkylation sites (tertiary alicyclic amines) is 1. The van der Waals surface area contributed by atoms with E-state index in [9.17, 15) is 4.79 Å². The highest BCUT2D eigenvalue weighted by molar-refractivity contribution is 6.08. The zero-order valence-corrected chi connectivity index (χ0v) is 15.8. The number of halogens is 1. The van der Waals surface area contributed by atoms with Crippen molar-refractivity contribution in [1.29, 1.82) is 0 Å². The molecule has 1 saturated heterocycles. The Morgan fingerprint density at radius 2 is 1.84 bits per heavy atom. The Morgan fingerprint density at radius 1 is 1.16 bits per heavy atom. The quantitative estimate of drug-likeness (QED) is 0.881. The second-order valence-corrected chi connectivity index (χ2v) is 6.40. The van der Waals surface area contributed by atoms with Crippen molar-refractivity contribution >= 4 is 29.1 Å². The molecule has 25 heavy (non-hydrogen) atoms. The van der Waals surface area contributed by atoms with Crippen LogP contribution in [-0.2, 0) is 0 Å². The molecule has 1 aliphatic heterocycles. The van der Waals surface area contributed by atoms with Gasteiger partial charge in [-0.25, -0.2) is 0 Å². The summed E-state index contributed by atoms with van der Waals surface area (Å²) >= 11 is 0. The molecule has 2 aromatic rings. The van der Waals surface area contributed by atoms with Gasteiger partial charge in [0.1, 0.15) is 5.75 Å². The maximum Gasteiger partial charge on any atom is 0.254 e. The number of nitrogens with one attached hydrogen (secondary N) is 1. The van der Waals surface area contributed by atoms with Crippen molar-refractivity contribution in [3.8, 4) is 5.75 Å². The van der Waals surface area contributed by atoms with Gasteiger partial charge in [0.05, 0.1) is 7.11 Å². The summed E-state index contributed by atoms with van der Waals surface area (Å²) in [6, 6.07) is 11.8. The van der Waals surface area contributed by atoms with Crippen LogP contribution in [0.3, 0.4) is 0 Å². The third-order valence-electron chi connectivity index (χ3n) is 4.92. The van der Waals surface area contributed by atoms with Gasteiger partial charge in [0, 0.05) is 24.0 Å². The largest absolute Gasteiger partial charge is 0.496 e. The van der Waals surface area contributed by atoms with Gasteiger partial charge < -0.3 is 15.0 Å². The highest BCUT2D eigenvalue weighted by Crippen LogP contribution is 2.29. The fourth-order valence-electron chi connectivity index (χ4n) is 3.49. The Balaban J connectivity index is 0.00000225. The third-order valence-corrected chi connectivity index (χ3v) is 4.92. The molecule has 1 amide bonds. The van der Waals surface area contributed by atoms with Crippen LogP contribution in [0, 0.1) is 5.92 Å². The molecule has 1 heterocycles. The molecular formula is C20H27ClN2O2. The van der Waals surface area contributed by atoms with Crippen molar-refractivity contribution in [3.63, 3.8) is 0 Å². The van der Waals surface area contributed by atoms with E-state index in [0.29, 0.717) is 5.92 Å². The van der Waals surface area contributed by atoms with Gasteiger partial charge in [-0.1, -0.05) is 31.2 Å². The number of hydrogen-bond donors (Lipinski definition) is 1. The zero-order valence-electron chi connectivity index (χ0n) is 15.0. The van der Waals surface area contributed by atoms with Gasteiger partial charge in [0.15, 0.2) is 0 Å². The number of piperidine rings is 1. The molecule has 0 spiro atoms. The van der Waals surface area contributed by atoms with E-state index in [4.69, 9.17) is 4.74 Å². The maximum atomic E-state index is 13.0. The Kier molecular flexibility index (Phi) is 7.09. The van der Waals surface area contributed by atoms with Gasteiger partial charge in [-0.15, -0.1) is 12.4 Å². The molecule has 1 aliphatic rings. The molecule has 0 saturated carbocycles. The van der Waals surface area contributed by atoms with E-state index in [-0.39, 0.29) is 18.3 Å². The van der Waals surface area contributed by atoms with Crippen LogP contribution in [0.5, 0.6) is 5.75 Å². The summed E-state index contributed by atoms with van der Waals surface area (Å²) in [7, 11) is 1.67. The van der Waals surface area contributed by atoms with Crippen LogP contribution in [0.4, 0.5) is 0 Å². The number of hydrogen-bond acceptors (Lipinski definition) is 3. The molecule has 5 heteroatoms. The van der Waals surface area contributed by atoms with Gasteiger partial charge in [-0.3, -0.25) is 4.79 Å². The van der Waals surface area contributed by atoms with Crippen LogP contribution in [-0.4, -0.2) is 44.1 Å². The number of carbonyl (C=O) groups excluding carboxylic acids is 1. The van der Waals surface area contributed by atoms with Crippen molar-refractivity contribution < 1.29 is 9.53 Å². The standard InChI is InChI=1S/C20H26N2O2.ClH/c1-3-21-14-15-10-12-22(13-11-15)20(23)18-8-9-19(24-2)17-7-5-4-6-16(17)18;/h4-9,15,21H,3,10-14H2,1-2H3;1H. The Morgan fingerprint density at radius 3 is 2.48 bits per heavy atom. The van der Waals surface area contributed by atoms with Crippen LogP contribution in [0.1, 0.15) is 30.1 Å². The fraction of sp³-hybridized carbons (Fsp3) is 0.450. The van der Waals surface area contributed by atoms with Crippen molar-refractivity contribution in [2.24, 2.45) is 5.92 Å². The molecule has 0 atom stereocenters. The highest BCUT2D eigenvalue weighted by atomic mass is 35.5. The van der Waals surface area contributed by atoms with Crippen molar-refractivity contribution in [2.45, 2.75) is 19.8 Å². The fourth-order valence-corrected chi connectivity index (χ4v) is 3.49. The van der Waals surface area contributed by atoms with E-state index in [1.807, 2.05) is 41.3 Å². The van der Waals surface area contributed by atoms with E-state index >= 15 is 0 Å². The molecular weight excluding hydrogens is 336 g/mol. The Labute approximate surface area is 155 Å². The topological polar surface area (TPSA) is 41.6 Å². The van der Waals surface area contributed by atoms with Crippen LogP contribution in [0.15, 0.2) is 36.4 Å². The second kappa shape index (κ2) is 9.07. The van der Waals surface area contributed by atoms with Crippen molar-refractivity contribution in [3.05, 3.63) is 42.0 Å². The minimum absolute atomic E-state index is 0. The summed E-state index contributed by atoms with van der Waals surface area (Å²) in [5, 5.41) is 5.38.